The van der Waals surface area contributed by atoms with Crippen molar-refractivity contribution in [2.75, 3.05) is 4.72 Å². The van der Waals surface area contributed by atoms with Crippen LogP contribution < -0.4 is 4.72 Å². The van der Waals surface area contributed by atoms with Crippen LogP contribution in [0.25, 0.3) is 6.08 Å². The molecule has 120 valence electrons. The van der Waals surface area contributed by atoms with Crippen molar-refractivity contribution in [3.05, 3.63) is 64.1 Å². The second-order valence-electron chi connectivity index (χ2n) is 4.50. The molecular formula is C15H11Cl2NO4S. The Balaban J connectivity index is 2.24. The molecule has 0 saturated heterocycles. The number of carboxylic acid groups (broad SMARTS) is 1. The van der Waals surface area contributed by atoms with Gasteiger partial charge in [-0.3, -0.25) is 4.72 Å². The fourth-order valence-electron chi connectivity index (χ4n) is 1.75. The highest BCUT2D eigenvalue weighted by atomic mass is 35.5. The van der Waals surface area contributed by atoms with Crippen LogP contribution in [0.1, 0.15) is 5.56 Å². The summed E-state index contributed by atoms with van der Waals surface area (Å²) in [5.74, 6) is -1.08. The Hall–Kier alpha value is -2.02. The van der Waals surface area contributed by atoms with Gasteiger partial charge >= 0.3 is 5.97 Å². The van der Waals surface area contributed by atoms with E-state index in [2.05, 4.69) is 4.72 Å². The van der Waals surface area contributed by atoms with Gasteiger partial charge in [-0.05, 0) is 42.0 Å². The van der Waals surface area contributed by atoms with Gasteiger partial charge in [0.05, 0.1) is 10.6 Å². The quantitative estimate of drug-likeness (QED) is 0.780. The van der Waals surface area contributed by atoms with Crippen LogP contribution in [-0.4, -0.2) is 19.5 Å². The summed E-state index contributed by atoms with van der Waals surface area (Å²) in [4.78, 5) is 10.5. The molecule has 23 heavy (non-hydrogen) atoms. The molecule has 0 aliphatic carbocycles. The van der Waals surface area contributed by atoms with Crippen molar-refractivity contribution >= 4 is 51.0 Å². The number of carboxylic acids is 1. The molecule has 0 aromatic heterocycles. The van der Waals surface area contributed by atoms with E-state index in [1.807, 2.05) is 0 Å². The lowest BCUT2D eigenvalue weighted by molar-refractivity contribution is -0.131. The van der Waals surface area contributed by atoms with Crippen LogP contribution >= 0.6 is 23.2 Å². The topological polar surface area (TPSA) is 83.5 Å². The average molecular weight is 372 g/mol. The summed E-state index contributed by atoms with van der Waals surface area (Å²) in [6.07, 6.45) is 2.33. The highest BCUT2D eigenvalue weighted by Crippen LogP contribution is 2.24. The number of benzene rings is 2. The minimum Gasteiger partial charge on any atom is -0.478 e. The number of halogens is 2. The van der Waals surface area contributed by atoms with Gasteiger partial charge in [-0.1, -0.05) is 35.3 Å². The zero-order chi connectivity index (χ0) is 17.0. The van der Waals surface area contributed by atoms with Gasteiger partial charge < -0.3 is 5.11 Å². The molecule has 0 bridgehead atoms. The summed E-state index contributed by atoms with van der Waals surface area (Å²) in [7, 11) is -3.80. The van der Waals surface area contributed by atoms with Gasteiger partial charge in [-0.15, -0.1) is 0 Å². The maximum Gasteiger partial charge on any atom is 0.328 e. The first-order valence-corrected chi connectivity index (χ1v) is 8.50. The van der Waals surface area contributed by atoms with E-state index in [-0.39, 0.29) is 10.6 Å². The third-order valence-corrected chi connectivity index (χ3v) is 4.56. The van der Waals surface area contributed by atoms with E-state index >= 15 is 0 Å². The Morgan fingerprint density at radius 3 is 2.13 bits per heavy atom. The molecule has 2 aromatic carbocycles. The number of anilines is 1. The molecule has 2 rings (SSSR count). The highest BCUT2D eigenvalue weighted by Gasteiger charge is 2.14. The predicted molar refractivity (Wildman–Crippen MR) is 90.4 cm³/mol. The third kappa shape index (κ3) is 4.99. The number of carbonyl (C=O) groups is 1. The summed E-state index contributed by atoms with van der Waals surface area (Å²) in [5, 5.41) is 9.17. The Labute approximate surface area is 143 Å². The summed E-state index contributed by atoms with van der Waals surface area (Å²) < 4.78 is 27.0. The molecule has 8 heteroatoms. The van der Waals surface area contributed by atoms with Crippen molar-refractivity contribution in [2.24, 2.45) is 0 Å². The Morgan fingerprint density at radius 1 is 1.04 bits per heavy atom. The van der Waals surface area contributed by atoms with Gasteiger partial charge in [-0.25, -0.2) is 13.2 Å². The van der Waals surface area contributed by atoms with E-state index in [0.29, 0.717) is 15.6 Å². The van der Waals surface area contributed by atoms with Crippen molar-refractivity contribution in [1.82, 2.24) is 0 Å². The molecule has 0 atom stereocenters. The van der Waals surface area contributed by atoms with Gasteiger partial charge in [0, 0.05) is 16.1 Å². The molecule has 0 saturated carbocycles. The SMILES string of the molecule is O=C(O)/C=C/c1ccc(S(=O)(=O)Nc2cc(Cl)cc(Cl)c2)cc1. The molecule has 0 amide bonds. The Morgan fingerprint density at radius 2 is 1.61 bits per heavy atom. The van der Waals surface area contributed by atoms with Gasteiger partial charge in [0.25, 0.3) is 10.0 Å². The first kappa shape index (κ1) is 17.3. The van der Waals surface area contributed by atoms with Crippen molar-refractivity contribution < 1.29 is 18.3 Å². The first-order chi connectivity index (χ1) is 10.8. The number of rotatable bonds is 5. The van der Waals surface area contributed by atoms with E-state index in [1.165, 1.54) is 48.5 Å². The standard InChI is InChI=1S/C15H11Cl2NO4S/c16-11-7-12(17)9-13(8-11)18-23(21,22)14-4-1-10(2-5-14)3-6-15(19)20/h1-9,18H,(H,19,20)/b6-3+. The largest absolute Gasteiger partial charge is 0.478 e. The van der Waals surface area contributed by atoms with Gasteiger partial charge in [0.1, 0.15) is 0 Å². The smallest absolute Gasteiger partial charge is 0.328 e. The monoisotopic (exact) mass is 371 g/mol. The first-order valence-electron chi connectivity index (χ1n) is 6.26. The molecular weight excluding hydrogens is 361 g/mol. The average Bonchev–Trinajstić information content (AvgIpc) is 2.44. The molecule has 0 aliphatic rings. The Bertz CT molecular complexity index is 841. The van der Waals surface area contributed by atoms with Crippen molar-refractivity contribution in [3.63, 3.8) is 0 Å². The molecule has 0 spiro atoms. The minimum absolute atomic E-state index is 0.0288. The molecule has 0 radical (unpaired) electrons. The highest BCUT2D eigenvalue weighted by molar-refractivity contribution is 7.92. The fraction of sp³-hybridized carbons (Fsp3) is 0. The van der Waals surface area contributed by atoms with E-state index in [1.54, 1.807) is 0 Å². The molecule has 0 aliphatic heterocycles. The van der Waals surface area contributed by atoms with Gasteiger partial charge in [-0.2, -0.15) is 0 Å². The molecule has 2 N–H and O–H groups in total. The van der Waals surface area contributed by atoms with Crippen molar-refractivity contribution in [1.29, 1.82) is 0 Å². The summed E-state index contributed by atoms with van der Waals surface area (Å²) >= 11 is 11.7. The lowest BCUT2D eigenvalue weighted by Crippen LogP contribution is -2.12. The van der Waals surface area contributed by atoms with Crippen LogP contribution in [0, 0.1) is 0 Å². The van der Waals surface area contributed by atoms with Crippen LogP contribution in [0.3, 0.4) is 0 Å². The molecule has 5 nitrogen and oxygen atoms in total. The lowest BCUT2D eigenvalue weighted by Gasteiger charge is -2.09. The minimum atomic E-state index is -3.80. The molecule has 2 aromatic rings. The van der Waals surface area contributed by atoms with Crippen LogP contribution in [0.2, 0.25) is 10.0 Å². The van der Waals surface area contributed by atoms with Crippen LogP contribution in [-0.2, 0) is 14.8 Å². The number of sulfonamides is 1. The molecule has 0 fully saturated rings. The van der Waals surface area contributed by atoms with Gasteiger partial charge in [0.15, 0.2) is 0 Å². The van der Waals surface area contributed by atoms with Gasteiger partial charge in [0.2, 0.25) is 0 Å². The number of hydrogen-bond donors (Lipinski definition) is 2. The fourth-order valence-corrected chi connectivity index (χ4v) is 3.32. The third-order valence-electron chi connectivity index (χ3n) is 2.72. The second kappa shape index (κ2) is 7.04. The van der Waals surface area contributed by atoms with Crippen molar-refractivity contribution in [3.8, 4) is 0 Å². The summed E-state index contributed by atoms with van der Waals surface area (Å²) in [6, 6.07) is 10.1. The van der Waals surface area contributed by atoms with Crippen LogP contribution in [0.15, 0.2) is 53.4 Å². The second-order valence-corrected chi connectivity index (χ2v) is 7.06. The van der Waals surface area contributed by atoms with Crippen molar-refractivity contribution in [2.45, 2.75) is 4.90 Å². The van der Waals surface area contributed by atoms with Crippen LogP contribution in [0.4, 0.5) is 5.69 Å². The maximum absolute atomic E-state index is 12.3. The number of aliphatic carboxylic acids is 1. The van der Waals surface area contributed by atoms with Crippen LogP contribution in [0.5, 0.6) is 0 Å². The van der Waals surface area contributed by atoms with E-state index in [9.17, 15) is 13.2 Å². The van der Waals surface area contributed by atoms with E-state index in [0.717, 1.165) is 6.08 Å². The number of nitrogens with one attached hydrogen (secondary N) is 1. The lowest BCUT2D eigenvalue weighted by atomic mass is 10.2. The zero-order valence-electron chi connectivity index (χ0n) is 11.5. The predicted octanol–water partition coefficient (Wildman–Crippen LogP) is 3.89. The van der Waals surface area contributed by atoms with E-state index < -0.39 is 16.0 Å². The summed E-state index contributed by atoms with van der Waals surface area (Å²) in [5.41, 5.74) is 0.814. The molecule has 0 heterocycles. The number of hydrogen-bond acceptors (Lipinski definition) is 3. The van der Waals surface area contributed by atoms with E-state index in [4.69, 9.17) is 28.3 Å². The normalized spacial score (nSPS) is 11.6. The summed E-state index contributed by atoms with van der Waals surface area (Å²) in [6.45, 7) is 0. The maximum atomic E-state index is 12.3. The zero-order valence-corrected chi connectivity index (χ0v) is 13.9. The Kier molecular flexibility index (Phi) is 5.30. The molecule has 0 unspecified atom stereocenters.